The topological polar surface area (TPSA) is 78.8 Å². The van der Waals surface area contributed by atoms with E-state index in [1.807, 2.05) is 6.92 Å². The molecule has 0 saturated heterocycles. The summed E-state index contributed by atoms with van der Waals surface area (Å²) < 4.78 is 5.16. The highest BCUT2D eigenvalue weighted by atomic mass is 32.2. The van der Waals surface area contributed by atoms with E-state index in [-0.39, 0.29) is 5.56 Å². The molecule has 5 nitrogen and oxygen atoms in total. The van der Waals surface area contributed by atoms with Crippen molar-refractivity contribution in [1.82, 2.24) is 9.97 Å². The van der Waals surface area contributed by atoms with Crippen LogP contribution in [0.15, 0.2) is 39.1 Å². The molecule has 21 heavy (non-hydrogen) atoms. The molecule has 6 heteroatoms. The summed E-state index contributed by atoms with van der Waals surface area (Å²) >= 11 is 1.25. The van der Waals surface area contributed by atoms with Gasteiger partial charge in [-0.3, -0.25) is 4.79 Å². The first-order valence-corrected chi connectivity index (χ1v) is 7.34. The van der Waals surface area contributed by atoms with Crippen LogP contribution in [0.5, 0.6) is 5.75 Å². The van der Waals surface area contributed by atoms with Crippen LogP contribution < -0.4 is 10.3 Å². The quantitative estimate of drug-likeness (QED) is 0.859. The van der Waals surface area contributed by atoms with Gasteiger partial charge < -0.3 is 9.72 Å². The second-order valence-electron chi connectivity index (χ2n) is 4.37. The summed E-state index contributed by atoms with van der Waals surface area (Å²) in [6.45, 7) is 2.03. The highest BCUT2D eigenvalue weighted by Crippen LogP contribution is 2.30. The highest BCUT2D eigenvalue weighted by molar-refractivity contribution is 7.99. The molecule has 2 rings (SSSR count). The molecule has 108 valence electrons. The predicted octanol–water partition coefficient (Wildman–Crippen LogP) is 2.75. The fourth-order valence-electron chi connectivity index (χ4n) is 1.83. The van der Waals surface area contributed by atoms with Gasteiger partial charge in [0.1, 0.15) is 11.8 Å². The number of benzene rings is 1. The molecule has 0 bridgehead atoms. The first kappa shape index (κ1) is 15.1. The van der Waals surface area contributed by atoms with Crippen molar-refractivity contribution in [3.05, 3.63) is 45.9 Å². The van der Waals surface area contributed by atoms with E-state index in [0.29, 0.717) is 21.4 Å². The minimum Gasteiger partial charge on any atom is -0.497 e. The Balaban J connectivity index is 2.37. The number of ether oxygens (including phenoxy) is 1. The van der Waals surface area contributed by atoms with Crippen LogP contribution >= 0.6 is 11.8 Å². The molecule has 0 spiro atoms. The van der Waals surface area contributed by atoms with Crippen LogP contribution in [0.3, 0.4) is 0 Å². The summed E-state index contributed by atoms with van der Waals surface area (Å²) in [7, 11) is 1.57. The standard InChI is InChI=1S/C15H15N3O2S/c1-3-4-11-7-14(19)18-15(17-11)21-13-8-12(20-2)6-5-10(13)9-16/h5-8H,3-4H2,1-2H3,(H,17,18,19). The molecule has 1 aromatic heterocycles. The van der Waals surface area contributed by atoms with Gasteiger partial charge in [0.05, 0.1) is 12.7 Å². The summed E-state index contributed by atoms with van der Waals surface area (Å²) in [5.41, 5.74) is 1.09. The van der Waals surface area contributed by atoms with Crippen molar-refractivity contribution in [2.24, 2.45) is 0 Å². The van der Waals surface area contributed by atoms with Gasteiger partial charge in [-0.25, -0.2) is 4.98 Å². The van der Waals surface area contributed by atoms with Gasteiger partial charge in [0, 0.05) is 16.7 Å². The lowest BCUT2D eigenvalue weighted by Gasteiger charge is -2.07. The number of aromatic nitrogens is 2. The van der Waals surface area contributed by atoms with Crippen LogP contribution in [0.1, 0.15) is 24.6 Å². The normalized spacial score (nSPS) is 10.1. The van der Waals surface area contributed by atoms with E-state index in [1.54, 1.807) is 25.3 Å². The minimum atomic E-state index is -0.183. The van der Waals surface area contributed by atoms with Gasteiger partial charge in [-0.1, -0.05) is 25.1 Å². The Morgan fingerprint density at radius 1 is 1.43 bits per heavy atom. The van der Waals surface area contributed by atoms with E-state index in [4.69, 9.17) is 10.00 Å². The second-order valence-corrected chi connectivity index (χ2v) is 5.40. The number of rotatable bonds is 5. The molecule has 0 aliphatic carbocycles. The van der Waals surface area contributed by atoms with Crippen molar-refractivity contribution in [3.63, 3.8) is 0 Å². The van der Waals surface area contributed by atoms with Gasteiger partial charge in [0.2, 0.25) is 0 Å². The molecule has 0 aliphatic heterocycles. The number of hydrogen-bond donors (Lipinski definition) is 1. The summed E-state index contributed by atoms with van der Waals surface area (Å²) in [6, 6.07) is 8.81. The number of nitrogens with zero attached hydrogens (tertiary/aromatic N) is 2. The average Bonchev–Trinajstić information content (AvgIpc) is 2.47. The Bertz CT molecular complexity index is 734. The van der Waals surface area contributed by atoms with Crippen LogP contribution in [-0.4, -0.2) is 17.1 Å². The fraction of sp³-hybridized carbons (Fsp3) is 0.267. The number of H-pyrrole nitrogens is 1. The molecule has 0 atom stereocenters. The third kappa shape index (κ3) is 3.86. The summed E-state index contributed by atoms with van der Waals surface area (Å²) in [5.74, 6) is 0.656. The number of nitriles is 1. The molecule has 0 fully saturated rings. The zero-order valence-corrected chi connectivity index (χ0v) is 12.7. The van der Waals surface area contributed by atoms with Crippen LogP contribution in [0, 0.1) is 11.3 Å². The third-order valence-corrected chi connectivity index (χ3v) is 3.74. The van der Waals surface area contributed by atoms with Crippen molar-refractivity contribution < 1.29 is 4.74 Å². The fourth-order valence-corrected chi connectivity index (χ4v) is 2.75. The Morgan fingerprint density at radius 2 is 2.24 bits per heavy atom. The lowest BCUT2D eigenvalue weighted by Crippen LogP contribution is -2.09. The van der Waals surface area contributed by atoms with Gasteiger partial charge >= 0.3 is 0 Å². The SMILES string of the molecule is CCCc1cc(=O)[nH]c(Sc2cc(OC)ccc2C#N)n1. The first-order chi connectivity index (χ1) is 10.2. The van der Waals surface area contributed by atoms with Crippen molar-refractivity contribution in [2.75, 3.05) is 7.11 Å². The Hall–Kier alpha value is -2.26. The van der Waals surface area contributed by atoms with Gasteiger partial charge in [-0.05, 0) is 24.6 Å². The average molecular weight is 301 g/mol. The smallest absolute Gasteiger partial charge is 0.251 e. The van der Waals surface area contributed by atoms with Gasteiger partial charge in [0.25, 0.3) is 5.56 Å². The molecular formula is C15H15N3O2S. The molecular weight excluding hydrogens is 286 g/mol. The minimum absolute atomic E-state index is 0.183. The number of hydrogen-bond acceptors (Lipinski definition) is 5. The van der Waals surface area contributed by atoms with Crippen molar-refractivity contribution in [1.29, 1.82) is 5.26 Å². The predicted molar refractivity (Wildman–Crippen MR) is 80.7 cm³/mol. The summed E-state index contributed by atoms with van der Waals surface area (Å²) in [4.78, 5) is 19.5. The van der Waals surface area contributed by atoms with Crippen LogP contribution in [0.2, 0.25) is 0 Å². The zero-order chi connectivity index (χ0) is 15.2. The van der Waals surface area contributed by atoms with Gasteiger partial charge in [-0.2, -0.15) is 5.26 Å². The molecule has 0 amide bonds. The van der Waals surface area contributed by atoms with E-state index in [9.17, 15) is 4.79 Å². The molecule has 0 saturated carbocycles. The number of aromatic amines is 1. The second kappa shape index (κ2) is 6.95. The van der Waals surface area contributed by atoms with E-state index in [2.05, 4.69) is 16.0 Å². The van der Waals surface area contributed by atoms with Crippen LogP contribution in [-0.2, 0) is 6.42 Å². The maximum atomic E-state index is 11.7. The molecule has 0 radical (unpaired) electrons. The number of nitrogens with one attached hydrogen (secondary N) is 1. The Morgan fingerprint density at radius 3 is 2.90 bits per heavy atom. The molecule has 0 aliphatic rings. The Kier molecular flexibility index (Phi) is 5.01. The zero-order valence-electron chi connectivity index (χ0n) is 11.8. The van der Waals surface area contributed by atoms with Gasteiger partial charge in [0.15, 0.2) is 5.16 Å². The molecule has 0 unspecified atom stereocenters. The number of aryl methyl sites for hydroxylation is 1. The molecule has 1 N–H and O–H groups in total. The van der Waals surface area contributed by atoms with Crippen molar-refractivity contribution >= 4 is 11.8 Å². The maximum Gasteiger partial charge on any atom is 0.251 e. The highest BCUT2D eigenvalue weighted by Gasteiger charge is 2.09. The van der Waals surface area contributed by atoms with E-state index in [0.717, 1.165) is 18.5 Å². The van der Waals surface area contributed by atoms with E-state index < -0.39 is 0 Å². The van der Waals surface area contributed by atoms with E-state index >= 15 is 0 Å². The largest absolute Gasteiger partial charge is 0.497 e. The maximum absolute atomic E-state index is 11.7. The molecule has 1 heterocycles. The number of methoxy groups -OCH3 is 1. The van der Waals surface area contributed by atoms with Crippen molar-refractivity contribution in [2.45, 2.75) is 29.8 Å². The van der Waals surface area contributed by atoms with Crippen LogP contribution in [0.25, 0.3) is 0 Å². The monoisotopic (exact) mass is 301 g/mol. The van der Waals surface area contributed by atoms with Crippen LogP contribution in [0.4, 0.5) is 0 Å². The first-order valence-electron chi connectivity index (χ1n) is 6.52. The summed E-state index contributed by atoms with van der Waals surface area (Å²) in [5, 5.41) is 9.64. The third-order valence-electron chi connectivity index (χ3n) is 2.79. The van der Waals surface area contributed by atoms with Gasteiger partial charge in [-0.15, -0.1) is 0 Å². The molecule has 2 aromatic rings. The summed E-state index contributed by atoms with van der Waals surface area (Å²) in [6.07, 6.45) is 1.67. The molecule has 1 aromatic carbocycles. The van der Waals surface area contributed by atoms with Crippen molar-refractivity contribution in [3.8, 4) is 11.8 Å². The Labute approximate surface area is 127 Å². The lowest BCUT2D eigenvalue weighted by atomic mass is 10.2. The lowest BCUT2D eigenvalue weighted by molar-refractivity contribution is 0.413. The van der Waals surface area contributed by atoms with E-state index in [1.165, 1.54) is 17.8 Å².